The van der Waals surface area contributed by atoms with Gasteiger partial charge in [0, 0.05) is 79.4 Å². The van der Waals surface area contributed by atoms with Gasteiger partial charge in [-0.1, -0.05) is 33.8 Å². The number of carbonyl (C=O) groups excluding carboxylic acids is 4. The number of hydrogen-bond acceptors (Lipinski definition) is 8. The fourth-order valence-corrected chi connectivity index (χ4v) is 10.2. The lowest BCUT2D eigenvalue weighted by Gasteiger charge is -2.63. The van der Waals surface area contributed by atoms with Crippen molar-refractivity contribution >= 4 is 29.3 Å². The molecule has 55 heavy (non-hydrogen) atoms. The van der Waals surface area contributed by atoms with E-state index in [0.29, 0.717) is 35.6 Å². The van der Waals surface area contributed by atoms with Gasteiger partial charge in [-0.3, -0.25) is 29.4 Å². The Bertz CT molecular complexity index is 2100. The van der Waals surface area contributed by atoms with Crippen LogP contribution in [0.3, 0.4) is 0 Å². The number of fused-ring (bicyclic) bond motifs is 2. The van der Waals surface area contributed by atoms with Crippen LogP contribution in [0.25, 0.3) is 0 Å². The van der Waals surface area contributed by atoms with Crippen molar-refractivity contribution in [1.29, 1.82) is 5.26 Å². The topological polar surface area (TPSA) is 135 Å². The predicted octanol–water partition coefficient (Wildman–Crippen LogP) is 5.47. The molecule has 0 unspecified atom stereocenters. The Kier molecular flexibility index (Phi) is 9.24. The second-order valence-corrected chi connectivity index (χ2v) is 17.5. The molecule has 3 aromatic rings. The van der Waals surface area contributed by atoms with Crippen LogP contribution >= 0.6 is 0 Å². The van der Waals surface area contributed by atoms with Crippen LogP contribution in [0.2, 0.25) is 0 Å². The SMILES string of the molecule is Cc1cc(O[C@H]2C(C)(C)[C@H](NC(=O)c3ccc(N4CCC(CN5Cc6cc7c(cc6C5)C(=O)N([C@H]5CCC(=O)NC5=O)C7)CC4)cc3)C2(C)C)ccc1C#N. The van der Waals surface area contributed by atoms with Crippen LogP contribution in [0.1, 0.15) is 102 Å². The van der Waals surface area contributed by atoms with Gasteiger partial charge in [0.25, 0.3) is 11.8 Å². The lowest BCUT2D eigenvalue weighted by atomic mass is 9.49. The Hall–Kier alpha value is -5.21. The first kappa shape index (κ1) is 36.8. The molecule has 2 N–H and O–H groups in total. The summed E-state index contributed by atoms with van der Waals surface area (Å²) in [6, 6.07) is 19.2. The highest BCUT2D eigenvalue weighted by molar-refractivity contribution is 6.05. The summed E-state index contributed by atoms with van der Waals surface area (Å²) in [5, 5.41) is 15.0. The molecule has 8 rings (SSSR count). The third kappa shape index (κ3) is 6.64. The average Bonchev–Trinajstić information content (AvgIpc) is 3.70. The van der Waals surface area contributed by atoms with Crippen molar-refractivity contribution in [3.8, 4) is 11.8 Å². The molecule has 5 aliphatic rings. The van der Waals surface area contributed by atoms with Gasteiger partial charge in [-0.05, 0) is 103 Å². The maximum Gasteiger partial charge on any atom is 0.255 e. The summed E-state index contributed by atoms with van der Waals surface area (Å²) in [7, 11) is 0. The highest BCUT2D eigenvalue weighted by atomic mass is 16.5. The van der Waals surface area contributed by atoms with Gasteiger partial charge in [0.2, 0.25) is 11.8 Å². The number of nitriles is 1. The number of ether oxygens (including phenoxy) is 1. The lowest BCUT2D eigenvalue weighted by Crippen LogP contribution is -2.74. The van der Waals surface area contributed by atoms with E-state index in [9.17, 15) is 24.4 Å². The van der Waals surface area contributed by atoms with Gasteiger partial charge in [0.1, 0.15) is 17.9 Å². The second kappa shape index (κ2) is 13.8. The van der Waals surface area contributed by atoms with E-state index in [1.54, 1.807) is 11.0 Å². The minimum absolute atomic E-state index is 0.0854. The Morgan fingerprint density at radius 2 is 1.60 bits per heavy atom. The van der Waals surface area contributed by atoms with Crippen LogP contribution in [-0.4, -0.2) is 71.3 Å². The number of hydrogen-bond donors (Lipinski definition) is 2. The van der Waals surface area contributed by atoms with Crippen molar-refractivity contribution in [3.05, 3.63) is 93.5 Å². The molecule has 4 heterocycles. The van der Waals surface area contributed by atoms with Crippen molar-refractivity contribution in [2.24, 2.45) is 16.7 Å². The molecule has 0 spiro atoms. The summed E-state index contributed by atoms with van der Waals surface area (Å²) in [6.07, 6.45) is 2.68. The summed E-state index contributed by atoms with van der Waals surface area (Å²) in [4.78, 5) is 57.4. The number of nitrogens with one attached hydrogen (secondary N) is 2. The molecule has 4 aliphatic heterocycles. The number of carbonyl (C=O) groups is 4. The number of rotatable bonds is 8. The van der Waals surface area contributed by atoms with Gasteiger partial charge in [0.05, 0.1) is 11.6 Å². The quantitative estimate of drug-likeness (QED) is 0.290. The average molecular weight is 743 g/mol. The normalized spacial score (nSPS) is 24.4. The van der Waals surface area contributed by atoms with E-state index < -0.39 is 6.04 Å². The lowest BCUT2D eigenvalue weighted by molar-refractivity contribution is -0.164. The zero-order valence-electron chi connectivity index (χ0n) is 32.4. The highest BCUT2D eigenvalue weighted by Crippen LogP contribution is 2.55. The van der Waals surface area contributed by atoms with E-state index in [4.69, 9.17) is 4.74 Å². The number of anilines is 1. The molecule has 0 bridgehead atoms. The minimum Gasteiger partial charge on any atom is -0.489 e. The predicted molar refractivity (Wildman–Crippen MR) is 207 cm³/mol. The molecule has 1 aliphatic carbocycles. The summed E-state index contributed by atoms with van der Waals surface area (Å²) in [6.45, 7) is 15.5. The maximum absolute atomic E-state index is 13.5. The standard InChI is InChI=1S/C44H50N6O5/c1-26-18-34(11-8-29(26)21-45)55-42-43(2,3)41(44(42,4)5)47-38(52)28-6-9-33(10-7-28)49-16-14-27(15-17-49)22-48-23-30-19-32-25-50(36-12-13-37(51)46-39(36)53)40(54)35(32)20-31(30)24-48/h6-11,18-20,27,36,41-42H,12-17,22-25H2,1-5H3,(H,47,52)(H,46,51,53)/t36-,41-,42-/m0/s1. The van der Waals surface area contributed by atoms with Gasteiger partial charge < -0.3 is 19.9 Å². The molecule has 1 saturated carbocycles. The largest absolute Gasteiger partial charge is 0.489 e. The van der Waals surface area contributed by atoms with Gasteiger partial charge in [-0.25, -0.2) is 0 Å². The number of aryl methyl sites for hydroxylation is 1. The molecule has 0 radical (unpaired) electrons. The molecular weight excluding hydrogens is 693 g/mol. The summed E-state index contributed by atoms with van der Waals surface area (Å²) >= 11 is 0. The maximum atomic E-state index is 13.5. The zero-order valence-corrected chi connectivity index (χ0v) is 32.4. The summed E-state index contributed by atoms with van der Waals surface area (Å²) in [5.41, 5.74) is 6.79. The van der Waals surface area contributed by atoms with Crippen molar-refractivity contribution in [2.75, 3.05) is 24.5 Å². The van der Waals surface area contributed by atoms with Crippen LogP contribution in [0.4, 0.5) is 5.69 Å². The number of piperidine rings is 2. The van der Waals surface area contributed by atoms with Crippen LogP contribution in [0.15, 0.2) is 54.6 Å². The molecule has 2 saturated heterocycles. The van der Waals surface area contributed by atoms with Gasteiger partial charge in [0.15, 0.2) is 0 Å². The third-order valence-electron chi connectivity index (χ3n) is 12.9. The molecular formula is C44H50N6O5. The van der Waals surface area contributed by atoms with Crippen molar-refractivity contribution in [1.82, 2.24) is 20.4 Å². The van der Waals surface area contributed by atoms with E-state index >= 15 is 0 Å². The molecule has 0 aromatic heterocycles. The zero-order chi connectivity index (χ0) is 38.8. The molecule has 1 atom stereocenters. The molecule has 286 valence electrons. The first-order valence-corrected chi connectivity index (χ1v) is 19.6. The Morgan fingerprint density at radius 1 is 0.909 bits per heavy atom. The fourth-order valence-electron chi connectivity index (χ4n) is 10.2. The van der Waals surface area contributed by atoms with E-state index in [1.165, 1.54) is 11.1 Å². The fraction of sp³-hybridized carbons (Fsp3) is 0.477. The Balaban J connectivity index is 0.812. The van der Waals surface area contributed by atoms with Crippen molar-refractivity contribution in [2.45, 2.75) is 98.1 Å². The number of benzene rings is 3. The van der Waals surface area contributed by atoms with Crippen LogP contribution in [0.5, 0.6) is 5.75 Å². The molecule has 3 aromatic carbocycles. The number of nitrogens with zero attached hydrogens (tertiary/aromatic N) is 4. The summed E-state index contributed by atoms with van der Waals surface area (Å²) < 4.78 is 6.47. The van der Waals surface area contributed by atoms with Crippen molar-refractivity contribution < 1.29 is 23.9 Å². The smallest absolute Gasteiger partial charge is 0.255 e. The molecule has 3 fully saturated rings. The minimum atomic E-state index is -0.591. The first-order valence-electron chi connectivity index (χ1n) is 19.6. The van der Waals surface area contributed by atoms with E-state index in [0.717, 1.165) is 68.1 Å². The van der Waals surface area contributed by atoms with Gasteiger partial charge in [-0.2, -0.15) is 5.26 Å². The molecule has 4 amide bonds. The van der Waals surface area contributed by atoms with Crippen LogP contribution < -0.4 is 20.3 Å². The Morgan fingerprint density at radius 3 is 2.25 bits per heavy atom. The van der Waals surface area contributed by atoms with E-state index in [2.05, 4.69) is 72.4 Å². The number of amides is 4. The second-order valence-electron chi connectivity index (χ2n) is 17.5. The van der Waals surface area contributed by atoms with Gasteiger partial charge >= 0.3 is 0 Å². The van der Waals surface area contributed by atoms with Crippen molar-refractivity contribution in [3.63, 3.8) is 0 Å². The van der Waals surface area contributed by atoms with Gasteiger partial charge in [-0.15, -0.1) is 0 Å². The Labute approximate surface area is 323 Å². The van der Waals surface area contributed by atoms with Crippen LogP contribution in [0, 0.1) is 35.0 Å². The molecule has 11 nitrogen and oxygen atoms in total. The van der Waals surface area contributed by atoms with Crippen LogP contribution in [-0.2, 0) is 29.2 Å². The first-order chi connectivity index (χ1) is 26.2. The monoisotopic (exact) mass is 742 g/mol. The third-order valence-corrected chi connectivity index (χ3v) is 12.9. The highest BCUT2D eigenvalue weighted by Gasteiger charge is 2.64. The molecule has 11 heteroatoms. The number of imide groups is 1. The summed E-state index contributed by atoms with van der Waals surface area (Å²) in [5.74, 6) is 0.458. The van der Waals surface area contributed by atoms with E-state index in [-0.39, 0.29) is 53.0 Å². The van der Waals surface area contributed by atoms with E-state index in [1.807, 2.05) is 37.3 Å².